The highest BCUT2D eigenvalue weighted by Gasteiger charge is 2.18. The summed E-state index contributed by atoms with van der Waals surface area (Å²) in [6.07, 6.45) is 1.49. The molecule has 7 heteroatoms. The maximum absolute atomic E-state index is 9.52. The Labute approximate surface area is 148 Å². The zero-order valence-electron chi connectivity index (χ0n) is 13.6. The lowest BCUT2D eigenvalue weighted by Gasteiger charge is -2.10. The van der Waals surface area contributed by atoms with E-state index in [2.05, 4.69) is 21.0 Å². The number of pyridine rings is 1. The summed E-state index contributed by atoms with van der Waals surface area (Å²) in [4.78, 5) is 12.7. The number of furan rings is 1. The SMILES string of the molecule is N#Cc1c(OCc2ccc3ccccc3n2)nc(N)nc1-c1ccco1. The second-order valence-electron chi connectivity index (χ2n) is 5.48. The Hall–Kier alpha value is -3.92. The van der Waals surface area contributed by atoms with E-state index in [-0.39, 0.29) is 24.0 Å². The summed E-state index contributed by atoms with van der Waals surface area (Å²) in [7, 11) is 0. The molecule has 0 aliphatic rings. The number of aromatic nitrogens is 3. The molecule has 0 aliphatic carbocycles. The lowest BCUT2D eigenvalue weighted by atomic mass is 10.2. The van der Waals surface area contributed by atoms with Gasteiger partial charge in [-0.15, -0.1) is 0 Å². The number of nitriles is 1. The largest absolute Gasteiger partial charge is 0.470 e. The van der Waals surface area contributed by atoms with Crippen molar-refractivity contribution in [3.63, 3.8) is 0 Å². The molecule has 0 saturated carbocycles. The summed E-state index contributed by atoms with van der Waals surface area (Å²) in [5.74, 6) is 0.516. The van der Waals surface area contributed by atoms with E-state index in [9.17, 15) is 5.26 Å². The number of hydrogen-bond donors (Lipinski definition) is 1. The molecule has 3 aromatic heterocycles. The predicted molar refractivity (Wildman–Crippen MR) is 94.9 cm³/mol. The van der Waals surface area contributed by atoms with E-state index in [1.165, 1.54) is 6.26 Å². The van der Waals surface area contributed by atoms with Gasteiger partial charge in [0.05, 0.1) is 17.5 Å². The van der Waals surface area contributed by atoms with Crippen molar-refractivity contribution in [1.29, 1.82) is 5.26 Å². The van der Waals surface area contributed by atoms with Gasteiger partial charge in [0, 0.05) is 5.39 Å². The van der Waals surface area contributed by atoms with E-state index in [1.54, 1.807) is 12.1 Å². The van der Waals surface area contributed by atoms with Crippen LogP contribution in [0.4, 0.5) is 5.95 Å². The molecular weight excluding hydrogens is 330 g/mol. The van der Waals surface area contributed by atoms with Gasteiger partial charge in [0.2, 0.25) is 11.8 Å². The van der Waals surface area contributed by atoms with E-state index in [1.807, 2.05) is 36.4 Å². The second kappa shape index (κ2) is 6.53. The maximum atomic E-state index is 9.52. The molecule has 3 heterocycles. The zero-order chi connectivity index (χ0) is 17.9. The number of nitrogens with two attached hydrogens (primary N) is 1. The topological polar surface area (TPSA) is 111 Å². The molecule has 1 aromatic carbocycles. The van der Waals surface area contributed by atoms with E-state index < -0.39 is 0 Å². The quantitative estimate of drug-likeness (QED) is 0.605. The van der Waals surface area contributed by atoms with Crippen molar-refractivity contribution in [1.82, 2.24) is 15.0 Å². The summed E-state index contributed by atoms with van der Waals surface area (Å²) in [6, 6.07) is 17.1. The third-order valence-corrected chi connectivity index (χ3v) is 3.77. The molecule has 0 radical (unpaired) electrons. The van der Waals surface area contributed by atoms with Gasteiger partial charge in [0.1, 0.15) is 23.9 Å². The molecule has 0 bridgehead atoms. The molecule has 4 aromatic rings. The first-order valence-corrected chi connectivity index (χ1v) is 7.83. The van der Waals surface area contributed by atoms with Gasteiger partial charge >= 0.3 is 0 Å². The molecule has 0 unspecified atom stereocenters. The van der Waals surface area contributed by atoms with Crippen LogP contribution < -0.4 is 10.5 Å². The van der Waals surface area contributed by atoms with E-state index >= 15 is 0 Å². The van der Waals surface area contributed by atoms with Gasteiger partial charge in [-0.2, -0.15) is 10.2 Å². The van der Waals surface area contributed by atoms with Crippen LogP contribution in [-0.2, 0) is 6.61 Å². The van der Waals surface area contributed by atoms with Crippen molar-refractivity contribution in [3.05, 3.63) is 66.1 Å². The Bertz CT molecular complexity index is 1120. The molecule has 0 amide bonds. The number of nitrogen functional groups attached to an aromatic ring is 1. The van der Waals surface area contributed by atoms with Crippen molar-refractivity contribution in [2.24, 2.45) is 0 Å². The molecule has 0 spiro atoms. The van der Waals surface area contributed by atoms with Crippen molar-refractivity contribution in [2.75, 3.05) is 5.73 Å². The fourth-order valence-corrected chi connectivity index (χ4v) is 2.58. The Morgan fingerprint density at radius 1 is 1.04 bits per heavy atom. The molecule has 0 fully saturated rings. The maximum Gasteiger partial charge on any atom is 0.237 e. The first-order chi connectivity index (χ1) is 12.7. The highest BCUT2D eigenvalue weighted by molar-refractivity contribution is 5.78. The molecular formula is C19H13N5O2. The predicted octanol–water partition coefficient (Wildman–Crippen LogP) is 3.32. The molecule has 2 N–H and O–H groups in total. The lowest BCUT2D eigenvalue weighted by Crippen LogP contribution is -2.06. The van der Waals surface area contributed by atoms with Gasteiger partial charge in [-0.3, -0.25) is 0 Å². The van der Waals surface area contributed by atoms with Crippen LogP contribution in [-0.4, -0.2) is 15.0 Å². The Morgan fingerprint density at radius 2 is 1.92 bits per heavy atom. The number of benzene rings is 1. The van der Waals surface area contributed by atoms with Crippen LogP contribution >= 0.6 is 0 Å². The average Bonchev–Trinajstić information content (AvgIpc) is 3.20. The number of anilines is 1. The van der Waals surface area contributed by atoms with Crippen LogP contribution in [0.15, 0.2) is 59.2 Å². The number of nitrogens with zero attached hydrogens (tertiary/aromatic N) is 4. The van der Waals surface area contributed by atoms with Crippen LogP contribution in [0.2, 0.25) is 0 Å². The Balaban J connectivity index is 1.66. The van der Waals surface area contributed by atoms with Gasteiger partial charge in [0.15, 0.2) is 5.76 Å². The van der Waals surface area contributed by atoms with Crippen LogP contribution in [0.5, 0.6) is 5.88 Å². The van der Waals surface area contributed by atoms with Crippen LogP contribution in [0, 0.1) is 11.3 Å². The van der Waals surface area contributed by atoms with Crippen LogP contribution in [0.3, 0.4) is 0 Å². The number of rotatable bonds is 4. The van der Waals surface area contributed by atoms with Gasteiger partial charge in [-0.25, -0.2) is 9.97 Å². The molecule has 0 atom stereocenters. The van der Waals surface area contributed by atoms with Crippen molar-refractivity contribution >= 4 is 16.9 Å². The molecule has 26 heavy (non-hydrogen) atoms. The first kappa shape index (κ1) is 15.6. The second-order valence-corrected chi connectivity index (χ2v) is 5.48. The van der Waals surface area contributed by atoms with Crippen molar-refractivity contribution < 1.29 is 9.15 Å². The van der Waals surface area contributed by atoms with Crippen LogP contribution in [0.1, 0.15) is 11.3 Å². The van der Waals surface area contributed by atoms with E-state index in [4.69, 9.17) is 14.9 Å². The smallest absolute Gasteiger partial charge is 0.237 e. The summed E-state index contributed by atoms with van der Waals surface area (Å²) in [5.41, 5.74) is 7.80. The standard InChI is InChI=1S/C19H13N5O2/c20-10-14-17(16-6-3-9-25-16)23-19(21)24-18(14)26-11-13-8-7-12-4-1-2-5-15(12)22-13/h1-9H,11H2,(H2,21,23,24). The van der Waals surface area contributed by atoms with Gasteiger partial charge in [0.25, 0.3) is 0 Å². The van der Waals surface area contributed by atoms with Crippen molar-refractivity contribution in [3.8, 4) is 23.4 Å². The average molecular weight is 343 g/mol. The number of para-hydroxylation sites is 1. The molecule has 7 nitrogen and oxygen atoms in total. The number of hydrogen-bond acceptors (Lipinski definition) is 7. The lowest BCUT2D eigenvalue weighted by molar-refractivity contribution is 0.289. The Morgan fingerprint density at radius 3 is 2.73 bits per heavy atom. The minimum Gasteiger partial charge on any atom is -0.470 e. The minimum absolute atomic E-state index is 0.00290. The Kier molecular flexibility index (Phi) is 3.92. The third kappa shape index (κ3) is 2.91. The summed E-state index contributed by atoms with van der Waals surface area (Å²) >= 11 is 0. The van der Waals surface area contributed by atoms with Crippen molar-refractivity contribution in [2.45, 2.75) is 6.61 Å². The number of ether oxygens (including phenoxy) is 1. The summed E-state index contributed by atoms with van der Waals surface area (Å²) in [5, 5.41) is 10.6. The van der Waals surface area contributed by atoms with E-state index in [0.717, 1.165) is 10.9 Å². The molecule has 0 saturated heterocycles. The fraction of sp³-hybridized carbons (Fsp3) is 0.0526. The van der Waals surface area contributed by atoms with E-state index in [0.29, 0.717) is 17.1 Å². The summed E-state index contributed by atoms with van der Waals surface area (Å²) in [6.45, 7) is 0.146. The normalized spacial score (nSPS) is 10.6. The summed E-state index contributed by atoms with van der Waals surface area (Å²) < 4.78 is 11.0. The zero-order valence-corrected chi connectivity index (χ0v) is 13.6. The molecule has 0 aliphatic heterocycles. The van der Waals surface area contributed by atoms with Gasteiger partial charge < -0.3 is 14.9 Å². The first-order valence-electron chi connectivity index (χ1n) is 7.83. The molecule has 126 valence electrons. The van der Waals surface area contributed by atoms with Gasteiger partial charge in [-0.05, 0) is 24.3 Å². The number of fused-ring (bicyclic) bond motifs is 1. The van der Waals surface area contributed by atoms with Gasteiger partial charge in [-0.1, -0.05) is 24.3 Å². The minimum atomic E-state index is -0.00290. The highest BCUT2D eigenvalue weighted by Crippen LogP contribution is 2.28. The highest BCUT2D eigenvalue weighted by atomic mass is 16.5. The monoisotopic (exact) mass is 343 g/mol. The molecule has 4 rings (SSSR count). The third-order valence-electron chi connectivity index (χ3n) is 3.77. The fourth-order valence-electron chi connectivity index (χ4n) is 2.58. The van der Waals surface area contributed by atoms with Crippen LogP contribution in [0.25, 0.3) is 22.4 Å².